The highest BCUT2D eigenvalue weighted by Gasteiger charge is 2.61. The lowest BCUT2D eigenvalue weighted by Gasteiger charge is -2.36. The number of carbonyl (C=O) groups excluding carboxylic acids is 3. The Hall–Kier alpha value is -4.12. The summed E-state index contributed by atoms with van der Waals surface area (Å²) < 4.78 is 51.7. The minimum atomic E-state index is -4.27. The number of aromatic nitrogens is 2. The second-order valence-electron chi connectivity index (χ2n) is 14.4. The molecule has 0 bridgehead atoms. The second kappa shape index (κ2) is 15.5. The van der Waals surface area contributed by atoms with Gasteiger partial charge in [0.1, 0.15) is 24.9 Å². The Kier molecular flexibility index (Phi) is 11.6. The average Bonchev–Trinajstić information content (AvgIpc) is 3.29. The third-order valence-electron chi connectivity index (χ3n) is 10.6. The van der Waals surface area contributed by atoms with E-state index in [9.17, 15) is 38.2 Å². The number of fused-ring (bicyclic) bond motifs is 2. The van der Waals surface area contributed by atoms with Gasteiger partial charge in [-0.2, -0.15) is 0 Å². The first-order valence-electron chi connectivity index (χ1n) is 17.3. The number of benzene rings is 1. The van der Waals surface area contributed by atoms with Crippen LogP contribution in [0.2, 0.25) is 0 Å². The van der Waals surface area contributed by atoms with E-state index < -0.39 is 68.1 Å². The Bertz CT molecular complexity index is 1800. The monoisotopic (exact) mass is 746 g/mol. The molecule has 2 fully saturated rings. The molecule has 1 heterocycles. The van der Waals surface area contributed by atoms with E-state index in [4.69, 9.17) is 18.9 Å². The van der Waals surface area contributed by atoms with Crippen LogP contribution < -0.4 is 9.64 Å². The minimum Gasteiger partial charge on any atom is -0.463 e. The molecule has 16 heteroatoms. The molecule has 0 spiro atoms. The summed E-state index contributed by atoms with van der Waals surface area (Å²) in [7, 11) is -4.27. The number of hydrogen-bond donors (Lipinski definition) is 2. The molecule has 15 nitrogen and oxygen atoms in total. The van der Waals surface area contributed by atoms with Gasteiger partial charge in [-0.15, -0.1) is 0 Å². The third kappa shape index (κ3) is 7.94. The van der Waals surface area contributed by atoms with E-state index in [1.165, 1.54) is 24.3 Å². The highest BCUT2D eigenvalue weighted by atomic mass is 32.2. The van der Waals surface area contributed by atoms with E-state index in [2.05, 4.69) is 30.2 Å². The lowest BCUT2D eigenvalue weighted by atomic mass is 9.77. The number of rotatable bonds is 13. The van der Waals surface area contributed by atoms with E-state index in [1.54, 1.807) is 19.9 Å². The third-order valence-corrected chi connectivity index (χ3v) is 12.3. The van der Waals surface area contributed by atoms with Crippen molar-refractivity contribution in [2.45, 2.75) is 87.5 Å². The Morgan fingerprint density at radius 1 is 1.12 bits per heavy atom. The maximum Gasteiger partial charge on any atom is 0.415 e. The van der Waals surface area contributed by atoms with E-state index in [-0.39, 0.29) is 72.7 Å². The van der Waals surface area contributed by atoms with Crippen LogP contribution in [0.15, 0.2) is 68.7 Å². The Labute approximate surface area is 302 Å². The highest BCUT2D eigenvalue weighted by molar-refractivity contribution is 7.91. The maximum absolute atomic E-state index is 13.7. The van der Waals surface area contributed by atoms with Crippen molar-refractivity contribution >= 4 is 27.6 Å². The molecular formula is C36H46N2O13S. The SMILES string of the molecule is C=C1CCC2C(C=C(C)C(=O)C3(O)CC(C)C(O)C3C1OC(=O)CCC(=O)OCCOCCOc1no[n+]([O-])c1S(=O)(=O)c1ccccc1)C2(C)C. The van der Waals surface area contributed by atoms with Gasteiger partial charge in [-0.25, -0.2) is 8.42 Å². The fourth-order valence-corrected chi connectivity index (χ4v) is 8.83. The predicted octanol–water partition coefficient (Wildman–Crippen LogP) is 2.66. The van der Waals surface area contributed by atoms with E-state index in [0.717, 1.165) is 6.42 Å². The average molecular weight is 747 g/mol. The highest BCUT2D eigenvalue weighted by Crippen LogP contribution is 2.62. The number of aliphatic hydroxyl groups is 2. The Morgan fingerprint density at radius 2 is 1.79 bits per heavy atom. The number of esters is 2. The van der Waals surface area contributed by atoms with Crippen molar-refractivity contribution < 1.29 is 61.5 Å². The quantitative estimate of drug-likeness (QED) is 0.131. The maximum atomic E-state index is 13.7. The summed E-state index contributed by atoms with van der Waals surface area (Å²) in [5.41, 5.74) is -1.09. The van der Waals surface area contributed by atoms with E-state index in [0.29, 0.717) is 17.6 Å². The molecule has 2 aromatic rings. The van der Waals surface area contributed by atoms with Gasteiger partial charge in [0.05, 0.1) is 48.1 Å². The van der Waals surface area contributed by atoms with Gasteiger partial charge in [0, 0.05) is 0 Å². The molecular weight excluding hydrogens is 700 g/mol. The summed E-state index contributed by atoms with van der Waals surface area (Å²) >= 11 is 0. The molecule has 52 heavy (non-hydrogen) atoms. The van der Waals surface area contributed by atoms with Gasteiger partial charge in [-0.3, -0.25) is 19.0 Å². The first kappa shape index (κ1) is 39.1. The van der Waals surface area contributed by atoms with Crippen LogP contribution in [-0.4, -0.2) is 85.7 Å². The largest absolute Gasteiger partial charge is 0.463 e. The minimum absolute atomic E-state index is 0.000250. The van der Waals surface area contributed by atoms with Crippen LogP contribution in [0.3, 0.4) is 0 Å². The number of allylic oxidation sites excluding steroid dienone is 1. The summed E-state index contributed by atoms with van der Waals surface area (Å²) in [5.74, 6) is -3.65. The fraction of sp³-hybridized carbons (Fsp3) is 0.583. The molecule has 0 aliphatic heterocycles. The molecule has 3 aliphatic carbocycles. The van der Waals surface area contributed by atoms with Crippen molar-refractivity contribution in [2.24, 2.45) is 29.1 Å². The zero-order valence-corrected chi connectivity index (χ0v) is 30.5. The molecule has 0 radical (unpaired) electrons. The summed E-state index contributed by atoms with van der Waals surface area (Å²) in [6.45, 7) is 11.3. The first-order chi connectivity index (χ1) is 24.5. The second-order valence-corrected chi connectivity index (χ2v) is 16.3. The van der Waals surface area contributed by atoms with Gasteiger partial charge in [-0.05, 0) is 77.5 Å². The van der Waals surface area contributed by atoms with Crippen molar-refractivity contribution in [3.05, 3.63) is 59.3 Å². The number of nitrogens with zero attached hydrogens (tertiary/aromatic N) is 2. The van der Waals surface area contributed by atoms with Gasteiger partial charge < -0.3 is 34.4 Å². The number of ketones is 1. The van der Waals surface area contributed by atoms with Crippen LogP contribution in [0.4, 0.5) is 0 Å². The van der Waals surface area contributed by atoms with Crippen molar-refractivity contribution in [1.82, 2.24) is 5.16 Å². The van der Waals surface area contributed by atoms with Crippen LogP contribution in [0.5, 0.6) is 5.88 Å². The Balaban J connectivity index is 1.08. The van der Waals surface area contributed by atoms with Gasteiger partial charge in [-0.1, -0.05) is 51.6 Å². The van der Waals surface area contributed by atoms with Crippen molar-refractivity contribution in [2.75, 3.05) is 26.4 Å². The lowest BCUT2D eigenvalue weighted by Crippen LogP contribution is -2.52. The van der Waals surface area contributed by atoms with Gasteiger partial charge in [0.15, 0.2) is 5.78 Å². The van der Waals surface area contributed by atoms with Crippen molar-refractivity contribution in [3.63, 3.8) is 0 Å². The zero-order valence-electron chi connectivity index (χ0n) is 29.7. The number of sulfone groups is 1. The number of Topliss-reactive ketones (excluding diaryl/α,β-unsaturated/α-hetero) is 1. The summed E-state index contributed by atoms with van der Waals surface area (Å²) in [6, 6.07) is 7.23. The molecule has 7 unspecified atom stereocenters. The summed E-state index contributed by atoms with van der Waals surface area (Å²) in [6.07, 6.45) is 0.160. The number of carbonyl (C=O) groups is 3. The predicted molar refractivity (Wildman–Crippen MR) is 180 cm³/mol. The lowest BCUT2D eigenvalue weighted by molar-refractivity contribution is -0.832. The van der Waals surface area contributed by atoms with Crippen LogP contribution in [-0.2, 0) is 38.4 Å². The van der Waals surface area contributed by atoms with Gasteiger partial charge in [0.2, 0.25) is 0 Å². The molecule has 0 saturated heterocycles. The van der Waals surface area contributed by atoms with E-state index in [1.807, 2.05) is 6.08 Å². The van der Waals surface area contributed by atoms with Gasteiger partial charge in [0.25, 0.3) is 9.84 Å². The molecule has 1 aromatic heterocycles. The molecule has 3 aliphatic rings. The molecule has 5 rings (SSSR count). The number of ether oxygens (including phenoxy) is 4. The standard InChI is InChI=1S/C36H46N2O13S/c1-21-11-12-25-26(35(25,4)5)19-22(2)32(42)36(43)20-23(3)30(41)29(36)31(21)50-28(40)14-13-27(39)48-17-15-47-16-18-49-33-34(38(44)51-37-33)52(45,46)24-9-7-6-8-10-24/h6-10,19,23,25-26,29-31,41,43H,1,11-18,20H2,2-5H3. The van der Waals surface area contributed by atoms with Crippen molar-refractivity contribution in [1.29, 1.82) is 0 Å². The molecule has 1 aromatic carbocycles. The summed E-state index contributed by atoms with van der Waals surface area (Å²) in [4.78, 5) is 38.8. The molecule has 7 atom stereocenters. The molecule has 284 valence electrons. The fourth-order valence-electron chi connectivity index (χ4n) is 7.54. The molecule has 2 saturated carbocycles. The zero-order chi connectivity index (χ0) is 38.0. The van der Waals surface area contributed by atoms with Crippen LogP contribution in [0.25, 0.3) is 0 Å². The van der Waals surface area contributed by atoms with Crippen molar-refractivity contribution in [3.8, 4) is 5.88 Å². The smallest absolute Gasteiger partial charge is 0.415 e. The molecule has 2 N–H and O–H groups in total. The van der Waals surface area contributed by atoms with Crippen LogP contribution in [0, 0.1) is 34.3 Å². The van der Waals surface area contributed by atoms with Crippen LogP contribution >= 0.6 is 0 Å². The van der Waals surface area contributed by atoms with Crippen LogP contribution in [0.1, 0.15) is 59.8 Å². The molecule has 0 amide bonds. The van der Waals surface area contributed by atoms with E-state index >= 15 is 0 Å². The summed E-state index contributed by atoms with van der Waals surface area (Å²) in [5, 5.41) is 37.6. The van der Waals surface area contributed by atoms with Gasteiger partial charge >= 0.3 is 22.8 Å². The normalized spacial score (nSPS) is 28.5. The number of hydrogen-bond acceptors (Lipinski definition) is 14. The number of aliphatic hydroxyl groups excluding tert-OH is 1. The Morgan fingerprint density at radius 3 is 2.50 bits per heavy atom. The first-order valence-corrected chi connectivity index (χ1v) is 18.7. The topological polar surface area (TPSA) is 216 Å².